The summed E-state index contributed by atoms with van der Waals surface area (Å²) in [5.74, 6) is 0.298. The first kappa shape index (κ1) is 13.9. The summed E-state index contributed by atoms with van der Waals surface area (Å²) in [6.45, 7) is 5.95. The topological polar surface area (TPSA) is 20.3 Å². The van der Waals surface area contributed by atoms with Crippen molar-refractivity contribution >= 4 is 5.78 Å². The summed E-state index contributed by atoms with van der Waals surface area (Å²) in [7, 11) is 3.94. The molecule has 0 fully saturated rings. The maximum absolute atomic E-state index is 12.4. The fraction of sp³-hybridized carbons (Fsp3) is 0.533. The Kier molecular flexibility index (Phi) is 4.47. The van der Waals surface area contributed by atoms with Crippen molar-refractivity contribution in [3.8, 4) is 0 Å². The third-order valence-corrected chi connectivity index (χ3v) is 2.94. The molecule has 0 bridgehead atoms. The molecule has 0 N–H and O–H groups in total. The van der Waals surface area contributed by atoms with Crippen molar-refractivity contribution < 1.29 is 4.79 Å². The number of hydrogen-bond donors (Lipinski definition) is 0. The van der Waals surface area contributed by atoms with Crippen LogP contribution in [0.1, 0.15) is 26.3 Å². The number of nitrogens with zero attached hydrogens (tertiary/aromatic N) is 1. The second kappa shape index (κ2) is 5.46. The van der Waals surface area contributed by atoms with Gasteiger partial charge in [0.15, 0.2) is 5.78 Å². The lowest BCUT2D eigenvalue weighted by Gasteiger charge is -2.29. The number of rotatable bonds is 4. The minimum atomic E-state index is -0.288. The lowest BCUT2D eigenvalue weighted by atomic mass is 9.84. The van der Waals surface area contributed by atoms with E-state index in [2.05, 4.69) is 12.1 Å². The highest BCUT2D eigenvalue weighted by Crippen LogP contribution is 2.21. The first-order valence-electron chi connectivity index (χ1n) is 6.07. The molecule has 0 aliphatic heterocycles. The highest BCUT2D eigenvalue weighted by atomic mass is 16.1. The number of ketones is 1. The Balaban J connectivity index is 2.85. The van der Waals surface area contributed by atoms with Gasteiger partial charge in [0.2, 0.25) is 0 Å². The normalized spacial score (nSPS) is 13.8. The Hall–Kier alpha value is -1.15. The summed E-state index contributed by atoms with van der Waals surface area (Å²) >= 11 is 0. The van der Waals surface area contributed by atoms with E-state index in [-0.39, 0.29) is 11.5 Å². The molecule has 0 amide bonds. The van der Waals surface area contributed by atoms with Crippen LogP contribution < -0.4 is 0 Å². The largest absolute Gasteiger partial charge is 0.299 e. The molecule has 0 saturated carbocycles. The van der Waals surface area contributed by atoms with Crippen molar-refractivity contribution in [1.29, 1.82) is 0 Å². The van der Waals surface area contributed by atoms with Crippen LogP contribution in [0.15, 0.2) is 30.3 Å². The molecule has 0 spiro atoms. The summed E-state index contributed by atoms with van der Waals surface area (Å²) in [6, 6.07) is 10.1. The molecule has 2 nitrogen and oxygen atoms in total. The van der Waals surface area contributed by atoms with E-state index in [1.807, 2.05) is 58.0 Å². The molecule has 1 rings (SSSR count). The molecule has 0 saturated heterocycles. The Labute approximate surface area is 105 Å². The Morgan fingerprint density at radius 1 is 1.18 bits per heavy atom. The Morgan fingerprint density at radius 2 is 1.71 bits per heavy atom. The lowest BCUT2D eigenvalue weighted by molar-refractivity contribution is -0.130. The van der Waals surface area contributed by atoms with Gasteiger partial charge in [-0.2, -0.15) is 0 Å². The van der Waals surface area contributed by atoms with E-state index in [0.717, 1.165) is 6.42 Å². The molecule has 17 heavy (non-hydrogen) atoms. The number of Topliss-reactive ketones (excluding diaryl/α,β-unsaturated/α-hetero) is 1. The number of carbonyl (C=O) groups excluding carboxylic acids is 1. The van der Waals surface area contributed by atoms with Gasteiger partial charge in [0, 0.05) is 5.41 Å². The summed E-state index contributed by atoms with van der Waals surface area (Å²) in [5, 5.41) is 0. The average molecular weight is 233 g/mol. The molecule has 1 atom stereocenters. The predicted octanol–water partition coefficient (Wildman–Crippen LogP) is 2.77. The van der Waals surface area contributed by atoms with Crippen molar-refractivity contribution in [2.75, 3.05) is 14.1 Å². The van der Waals surface area contributed by atoms with Gasteiger partial charge in [-0.25, -0.2) is 0 Å². The fourth-order valence-electron chi connectivity index (χ4n) is 1.85. The second-order valence-electron chi connectivity index (χ2n) is 5.78. The molecular weight excluding hydrogens is 210 g/mol. The van der Waals surface area contributed by atoms with Crippen LogP contribution >= 0.6 is 0 Å². The van der Waals surface area contributed by atoms with Crippen LogP contribution in [0.3, 0.4) is 0 Å². The van der Waals surface area contributed by atoms with E-state index < -0.39 is 0 Å². The van der Waals surface area contributed by atoms with Gasteiger partial charge in [-0.05, 0) is 26.1 Å². The van der Waals surface area contributed by atoms with Crippen molar-refractivity contribution in [3.05, 3.63) is 35.9 Å². The van der Waals surface area contributed by atoms with Gasteiger partial charge in [0.25, 0.3) is 0 Å². The van der Waals surface area contributed by atoms with E-state index in [1.165, 1.54) is 5.56 Å². The Bertz CT molecular complexity index is 362. The molecule has 0 heterocycles. The van der Waals surface area contributed by atoms with E-state index >= 15 is 0 Å². The molecule has 1 aromatic carbocycles. The third-order valence-electron chi connectivity index (χ3n) is 2.94. The van der Waals surface area contributed by atoms with Gasteiger partial charge in [0.1, 0.15) is 0 Å². The van der Waals surface area contributed by atoms with Gasteiger partial charge < -0.3 is 0 Å². The van der Waals surface area contributed by atoms with E-state index in [0.29, 0.717) is 5.78 Å². The molecule has 0 aromatic heterocycles. The second-order valence-corrected chi connectivity index (χ2v) is 5.78. The average Bonchev–Trinajstić information content (AvgIpc) is 2.24. The maximum Gasteiger partial charge on any atom is 0.155 e. The molecule has 94 valence electrons. The van der Waals surface area contributed by atoms with Gasteiger partial charge in [-0.3, -0.25) is 9.69 Å². The number of carbonyl (C=O) groups is 1. The first-order chi connectivity index (χ1) is 7.82. The van der Waals surface area contributed by atoms with E-state index in [4.69, 9.17) is 0 Å². The maximum atomic E-state index is 12.4. The molecular formula is C15H23NO. The standard InChI is InChI=1S/C15H23NO/c1-15(2,3)14(17)13(16(4)5)11-12-9-7-6-8-10-12/h6-10,13H,11H2,1-5H3. The summed E-state index contributed by atoms with van der Waals surface area (Å²) in [4.78, 5) is 14.4. The highest BCUT2D eigenvalue weighted by molar-refractivity contribution is 5.88. The summed E-state index contributed by atoms with van der Waals surface area (Å²) in [6.07, 6.45) is 0.782. The van der Waals surface area contributed by atoms with E-state index in [1.54, 1.807) is 0 Å². The van der Waals surface area contributed by atoms with E-state index in [9.17, 15) is 4.79 Å². The number of hydrogen-bond acceptors (Lipinski definition) is 2. The van der Waals surface area contributed by atoms with Gasteiger partial charge >= 0.3 is 0 Å². The van der Waals surface area contributed by atoms with Crippen molar-refractivity contribution in [2.45, 2.75) is 33.2 Å². The van der Waals surface area contributed by atoms with Crippen LogP contribution in [0.5, 0.6) is 0 Å². The predicted molar refractivity (Wildman–Crippen MR) is 72.1 cm³/mol. The molecule has 1 unspecified atom stereocenters. The van der Waals surface area contributed by atoms with Gasteiger partial charge in [-0.15, -0.1) is 0 Å². The fourth-order valence-corrected chi connectivity index (χ4v) is 1.85. The van der Waals surface area contributed by atoms with Crippen LogP contribution in [0.2, 0.25) is 0 Å². The first-order valence-corrected chi connectivity index (χ1v) is 6.07. The van der Waals surface area contributed by atoms with Crippen LogP contribution in [-0.4, -0.2) is 30.8 Å². The monoisotopic (exact) mass is 233 g/mol. The van der Waals surface area contributed by atoms with Crippen molar-refractivity contribution in [1.82, 2.24) is 4.90 Å². The van der Waals surface area contributed by atoms with Crippen molar-refractivity contribution in [3.63, 3.8) is 0 Å². The minimum absolute atomic E-state index is 0.0441. The van der Waals surface area contributed by atoms with Gasteiger partial charge in [0.05, 0.1) is 6.04 Å². The third kappa shape index (κ3) is 3.97. The molecule has 2 heteroatoms. The summed E-state index contributed by atoms with van der Waals surface area (Å²) in [5.41, 5.74) is 0.924. The smallest absolute Gasteiger partial charge is 0.155 e. The zero-order valence-corrected chi connectivity index (χ0v) is 11.5. The quantitative estimate of drug-likeness (QED) is 0.797. The minimum Gasteiger partial charge on any atom is -0.299 e. The number of benzene rings is 1. The summed E-state index contributed by atoms with van der Waals surface area (Å²) < 4.78 is 0. The zero-order chi connectivity index (χ0) is 13.1. The van der Waals surface area contributed by atoms with Gasteiger partial charge in [-0.1, -0.05) is 51.1 Å². The highest BCUT2D eigenvalue weighted by Gasteiger charge is 2.30. The molecule has 0 radical (unpaired) electrons. The Morgan fingerprint density at radius 3 is 2.12 bits per heavy atom. The van der Waals surface area contributed by atoms with Crippen LogP contribution in [-0.2, 0) is 11.2 Å². The zero-order valence-electron chi connectivity index (χ0n) is 11.5. The van der Waals surface area contributed by atoms with Crippen LogP contribution in [0.25, 0.3) is 0 Å². The SMILES string of the molecule is CN(C)C(Cc1ccccc1)C(=O)C(C)(C)C. The van der Waals surface area contributed by atoms with Crippen molar-refractivity contribution in [2.24, 2.45) is 5.41 Å². The lowest BCUT2D eigenvalue weighted by Crippen LogP contribution is -2.43. The molecule has 0 aliphatic rings. The molecule has 1 aromatic rings. The molecule has 0 aliphatic carbocycles. The van der Waals surface area contributed by atoms with Crippen LogP contribution in [0, 0.1) is 5.41 Å². The number of likely N-dealkylation sites (N-methyl/N-ethyl adjacent to an activating group) is 1. The van der Waals surface area contributed by atoms with Crippen LogP contribution in [0.4, 0.5) is 0 Å².